The second-order valence-corrected chi connectivity index (χ2v) is 7.48. The Bertz CT molecular complexity index is 519. The number of benzene rings is 1. The van der Waals surface area contributed by atoms with Gasteiger partial charge in [-0.25, -0.2) is 0 Å². The Hall–Kier alpha value is -0.680. The molecule has 1 saturated heterocycles. The maximum atomic E-state index is 6.19. The van der Waals surface area contributed by atoms with Crippen molar-refractivity contribution >= 4 is 39.3 Å². The summed E-state index contributed by atoms with van der Waals surface area (Å²) >= 11 is 5.68. The van der Waals surface area contributed by atoms with Crippen molar-refractivity contribution in [2.45, 2.75) is 30.6 Å². The zero-order chi connectivity index (χ0) is 13.5. The molecule has 1 spiro atoms. The maximum Gasteiger partial charge on any atom is 0.196 e. The lowest BCUT2D eigenvalue weighted by molar-refractivity contribution is 0.404. The largest absolute Gasteiger partial charge is 0.369 e. The third-order valence-electron chi connectivity index (χ3n) is 4.16. The van der Waals surface area contributed by atoms with E-state index in [-0.39, 0.29) is 5.54 Å². The number of thioether (sulfide) groups is 1. The zero-order valence-electron chi connectivity index (χ0n) is 11.0. The van der Waals surface area contributed by atoms with Crippen LogP contribution in [0, 0.1) is 0 Å². The number of guanidine groups is 1. The molecule has 2 heterocycles. The third kappa shape index (κ3) is 2.07. The van der Waals surface area contributed by atoms with E-state index in [1.165, 1.54) is 12.2 Å². The van der Waals surface area contributed by atoms with Crippen molar-refractivity contribution in [2.24, 2.45) is 10.7 Å². The Morgan fingerprint density at radius 2 is 2.26 bits per heavy atom. The van der Waals surface area contributed by atoms with Crippen molar-refractivity contribution in [3.8, 4) is 0 Å². The SMILES string of the molecule is CC1SCCCC12CN=C(N)N2c1ccccc1Br. The molecule has 3 rings (SSSR count). The van der Waals surface area contributed by atoms with Gasteiger partial charge in [-0.3, -0.25) is 4.99 Å². The summed E-state index contributed by atoms with van der Waals surface area (Å²) in [4.78, 5) is 6.81. The van der Waals surface area contributed by atoms with Gasteiger partial charge in [0, 0.05) is 9.72 Å². The number of rotatable bonds is 1. The van der Waals surface area contributed by atoms with Crippen molar-refractivity contribution in [1.82, 2.24) is 0 Å². The lowest BCUT2D eigenvalue weighted by Gasteiger charge is -2.46. The molecule has 0 radical (unpaired) electrons. The molecular weight excluding hydrogens is 322 g/mol. The summed E-state index contributed by atoms with van der Waals surface area (Å²) in [5.41, 5.74) is 7.38. The van der Waals surface area contributed by atoms with Crippen molar-refractivity contribution in [1.29, 1.82) is 0 Å². The summed E-state index contributed by atoms with van der Waals surface area (Å²) in [7, 11) is 0. The first kappa shape index (κ1) is 13.3. The van der Waals surface area contributed by atoms with Gasteiger partial charge in [-0.2, -0.15) is 11.8 Å². The van der Waals surface area contributed by atoms with Crippen LogP contribution in [0.2, 0.25) is 0 Å². The second kappa shape index (κ2) is 5.02. The molecule has 0 aliphatic carbocycles. The van der Waals surface area contributed by atoms with Gasteiger partial charge in [0.05, 0.1) is 17.8 Å². The molecule has 2 unspecified atom stereocenters. The van der Waals surface area contributed by atoms with Gasteiger partial charge in [0.25, 0.3) is 0 Å². The fraction of sp³-hybridized carbons (Fsp3) is 0.500. The number of halogens is 1. The van der Waals surface area contributed by atoms with E-state index in [0.29, 0.717) is 11.2 Å². The van der Waals surface area contributed by atoms with Gasteiger partial charge in [0.2, 0.25) is 0 Å². The Morgan fingerprint density at radius 3 is 3.00 bits per heavy atom. The molecular formula is C14H18BrN3S. The molecule has 5 heteroatoms. The average molecular weight is 340 g/mol. The second-order valence-electron chi connectivity index (χ2n) is 5.18. The summed E-state index contributed by atoms with van der Waals surface area (Å²) in [6, 6.07) is 8.27. The van der Waals surface area contributed by atoms with Gasteiger partial charge in [-0.05, 0) is 46.7 Å². The first-order valence-electron chi connectivity index (χ1n) is 6.61. The highest BCUT2D eigenvalue weighted by atomic mass is 79.9. The van der Waals surface area contributed by atoms with Crippen LogP contribution >= 0.6 is 27.7 Å². The molecule has 2 aliphatic heterocycles. The van der Waals surface area contributed by atoms with E-state index in [1.54, 1.807) is 0 Å². The molecule has 2 N–H and O–H groups in total. The van der Waals surface area contributed by atoms with Crippen LogP contribution in [0.15, 0.2) is 33.7 Å². The minimum absolute atomic E-state index is 0.0525. The van der Waals surface area contributed by atoms with Crippen LogP contribution in [0.4, 0.5) is 5.69 Å². The standard InChI is InChI=1S/C14H18BrN3S/c1-10-14(7-4-8-19-10)9-17-13(16)18(14)12-6-3-2-5-11(12)15/h2-3,5-6,10H,4,7-9H2,1H3,(H2,16,17). The van der Waals surface area contributed by atoms with Gasteiger partial charge < -0.3 is 10.6 Å². The van der Waals surface area contributed by atoms with Crippen molar-refractivity contribution in [3.63, 3.8) is 0 Å². The van der Waals surface area contributed by atoms with Crippen LogP contribution in [-0.2, 0) is 0 Å². The Balaban J connectivity index is 2.06. The molecule has 1 aromatic rings. The van der Waals surface area contributed by atoms with Crippen LogP contribution in [0.5, 0.6) is 0 Å². The zero-order valence-corrected chi connectivity index (χ0v) is 13.4. The molecule has 3 nitrogen and oxygen atoms in total. The fourth-order valence-corrected chi connectivity index (χ4v) is 4.82. The van der Waals surface area contributed by atoms with Gasteiger partial charge >= 0.3 is 0 Å². The molecule has 1 aromatic carbocycles. The number of anilines is 1. The van der Waals surface area contributed by atoms with E-state index in [9.17, 15) is 0 Å². The van der Waals surface area contributed by atoms with E-state index >= 15 is 0 Å². The lowest BCUT2D eigenvalue weighted by atomic mass is 9.88. The number of nitrogens with zero attached hydrogens (tertiary/aromatic N) is 2. The van der Waals surface area contributed by atoms with E-state index in [2.05, 4.69) is 50.9 Å². The third-order valence-corrected chi connectivity index (χ3v) is 6.29. The lowest BCUT2D eigenvalue weighted by Crippen LogP contribution is -2.58. The molecule has 0 aromatic heterocycles. The molecule has 1 fully saturated rings. The van der Waals surface area contributed by atoms with E-state index in [1.807, 2.05) is 17.8 Å². The highest BCUT2D eigenvalue weighted by Crippen LogP contribution is 2.44. The quantitative estimate of drug-likeness (QED) is 0.853. The summed E-state index contributed by atoms with van der Waals surface area (Å²) in [5.74, 6) is 1.90. The molecule has 0 amide bonds. The van der Waals surface area contributed by atoms with Crippen molar-refractivity contribution < 1.29 is 0 Å². The monoisotopic (exact) mass is 339 g/mol. The first-order chi connectivity index (χ1) is 9.15. The van der Waals surface area contributed by atoms with Crippen LogP contribution in [-0.4, -0.2) is 29.0 Å². The smallest absolute Gasteiger partial charge is 0.196 e. The molecule has 102 valence electrons. The number of aliphatic imine (C=N–C) groups is 1. The highest BCUT2D eigenvalue weighted by Gasteiger charge is 2.49. The molecule has 0 saturated carbocycles. The Morgan fingerprint density at radius 1 is 1.47 bits per heavy atom. The minimum Gasteiger partial charge on any atom is -0.369 e. The molecule has 19 heavy (non-hydrogen) atoms. The highest BCUT2D eigenvalue weighted by molar-refractivity contribution is 9.10. The van der Waals surface area contributed by atoms with Gasteiger partial charge in [-0.15, -0.1) is 0 Å². The number of nitrogens with two attached hydrogens (primary N) is 1. The fourth-order valence-electron chi connectivity index (χ4n) is 3.08. The number of hydrogen-bond donors (Lipinski definition) is 1. The topological polar surface area (TPSA) is 41.6 Å². The predicted molar refractivity (Wildman–Crippen MR) is 87.0 cm³/mol. The van der Waals surface area contributed by atoms with Crippen LogP contribution < -0.4 is 10.6 Å². The van der Waals surface area contributed by atoms with Crippen LogP contribution in [0.25, 0.3) is 0 Å². The summed E-state index contributed by atoms with van der Waals surface area (Å²) in [6.45, 7) is 3.12. The van der Waals surface area contributed by atoms with Crippen LogP contribution in [0.3, 0.4) is 0 Å². The average Bonchev–Trinajstić information content (AvgIpc) is 2.73. The molecule has 2 aliphatic rings. The Labute approximate surface area is 126 Å². The van der Waals surface area contributed by atoms with Gasteiger partial charge in [0.15, 0.2) is 5.96 Å². The summed E-state index contributed by atoms with van der Waals surface area (Å²) in [6.07, 6.45) is 2.39. The Kier molecular flexibility index (Phi) is 3.52. The molecule has 2 atom stereocenters. The first-order valence-corrected chi connectivity index (χ1v) is 8.45. The number of para-hydroxylation sites is 1. The van der Waals surface area contributed by atoms with Gasteiger partial charge in [0.1, 0.15) is 0 Å². The predicted octanol–water partition coefficient (Wildman–Crippen LogP) is 3.24. The minimum atomic E-state index is 0.0525. The number of hydrogen-bond acceptors (Lipinski definition) is 4. The summed E-state index contributed by atoms with van der Waals surface area (Å²) in [5, 5.41) is 0.540. The van der Waals surface area contributed by atoms with Crippen LogP contribution in [0.1, 0.15) is 19.8 Å². The molecule has 0 bridgehead atoms. The van der Waals surface area contributed by atoms with Crippen molar-refractivity contribution in [3.05, 3.63) is 28.7 Å². The normalized spacial score (nSPS) is 30.7. The van der Waals surface area contributed by atoms with E-state index in [4.69, 9.17) is 5.73 Å². The van der Waals surface area contributed by atoms with E-state index < -0.39 is 0 Å². The van der Waals surface area contributed by atoms with E-state index in [0.717, 1.165) is 23.1 Å². The maximum absolute atomic E-state index is 6.19. The van der Waals surface area contributed by atoms with Gasteiger partial charge in [-0.1, -0.05) is 19.1 Å². The van der Waals surface area contributed by atoms with Crippen molar-refractivity contribution in [2.75, 3.05) is 17.2 Å². The summed E-state index contributed by atoms with van der Waals surface area (Å²) < 4.78 is 1.08.